The molecule has 0 atom stereocenters. The minimum Gasteiger partial charge on any atom is -0.356 e. The predicted octanol–water partition coefficient (Wildman–Crippen LogP) is 3.21. The Labute approximate surface area is 175 Å². The van der Waals surface area contributed by atoms with Crippen molar-refractivity contribution in [3.63, 3.8) is 0 Å². The highest BCUT2D eigenvalue weighted by molar-refractivity contribution is 5.93. The molecular formula is C23H37N5O. The van der Waals surface area contributed by atoms with Crippen LogP contribution in [0.3, 0.4) is 0 Å². The van der Waals surface area contributed by atoms with Gasteiger partial charge in [-0.15, -0.1) is 0 Å². The van der Waals surface area contributed by atoms with Crippen LogP contribution in [0.15, 0.2) is 29.3 Å². The normalized spacial score (nSPS) is 18.9. The van der Waals surface area contributed by atoms with Gasteiger partial charge in [0.05, 0.1) is 0 Å². The van der Waals surface area contributed by atoms with Crippen LogP contribution in [-0.2, 0) is 11.3 Å². The van der Waals surface area contributed by atoms with Crippen LogP contribution >= 0.6 is 0 Å². The van der Waals surface area contributed by atoms with E-state index >= 15 is 0 Å². The summed E-state index contributed by atoms with van der Waals surface area (Å²) in [4.78, 5) is 19.0. The molecule has 1 aliphatic carbocycles. The van der Waals surface area contributed by atoms with Gasteiger partial charge in [0.2, 0.25) is 5.91 Å². The van der Waals surface area contributed by atoms with Crippen LogP contribution in [0.4, 0.5) is 5.69 Å². The molecule has 2 aliphatic rings. The van der Waals surface area contributed by atoms with Gasteiger partial charge >= 0.3 is 0 Å². The van der Waals surface area contributed by atoms with Gasteiger partial charge in [0.25, 0.3) is 0 Å². The van der Waals surface area contributed by atoms with E-state index in [2.05, 4.69) is 38.8 Å². The van der Waals surface area contributed by atoms with Gasteiger partial charge in [0.1, 0.15) is 0 Å². The number of aliphatic imine (C=N–C) groups is 1. The molecule has 6 nitrogen and oxygen atoms in total. The second-order valence-corrected chi connectivity index (χ2v) is 8.55. The van der Waals surface area contributed by atoms with Gasteiger partial charge in [-0.3, -0.25) is 9.79 Å². The summed E-state index contributed by atoms with van der Waals surface area (Å²) in [5, 5.41) is 9.82. The Balaban J connectivity index is 1.35. The number of carbonyl (C=O) groups is 1. The summed E-state index contributed by atoms with van der Waals surface area (Å²) < 4.78 is 0. The van der Waals surface area contributed by atoms with E-state index in [0.29, 0.717) is 6.54 Å². The Morgan fingerprint density at radius 2 is 1.97 bits per heavy atom. The number of anilines is 1. The van der Waals surface area contributed by atoms with Gasteiger partial charge in [-0.2, -0.15) is 0 Å². The summed E-state index contributed by atoms with van der Waals surface area (Å²) in [7, 11) is 1.80. The molecule has 0 aromatic heterocycles. The van der Waals surface area contributed by atoms with E-state index in [9.17, 15) is 4.79 Å². The molecule has 0 spiro atoms. The van der Waals surface area contributed by atoms with E-state index in [-0.39, 0.29) is 11.8 Å². The number of piperidine rings is 1. The highest BCUT2D eigenvalue weighted by Gasteiger charge is 2.25. The standard InChI is InChI=1S/C23H37N5O/c1-18-10-14-28(15-11-18)13-5-12-25-23(24-2)26-17-19-6-3-9-21(16-19)27-22(29)20-7-4-8-20/h3,6,9,16,18,20H,4-5,7-8,10-15,17H2,1-2H3,(H,27,29)(H2,24,25,26). The first-order chi connectivity index (χ1) is 14.1. The first-order valence-corrected chi connectivity index (χ1v) is 11.2. The zero-order valence-electron chi connectivity index (χ0n) is 18.0. The molecule has 3 rings (SSSR count). The van der Waals surface area contributed by atoms with Crippen LogP contribution in [0.1, 0.15) is 51.0 Å². The van der Waals surface area contributed by atoms with Crippen LogP contribution in [0.5, 0.6) is 0 Å². The van der Waals surface area contributed by atoms with E-state index in [4.69, 9.17) is 0 Å². The van der Waals surface area contributed by atoms with E-state index in [1.54, 1.807) is 7.05 Å². The van der Waals surface area contributed by atoms with E-state index < -0.39 is 0 Å². The summed E-state index contributed by atoms with van der Waals surface area (Å²) in [6, 6.07) is 8.04. The van der Waals surface area contributed by atoms with E-state index in [1.165, 1.54) is 32.4 Å². The number of benzene rings is 1. The topological polar surface area (TPSA) is 68.8 Å². The summed E-state index contributed by atoms with van der Waals surface area (Å²) in [5.74, 6) is 2.06. The first-order valence-electron chi connectivity index (χ1n) is 11.2. The lowest BCUT2D eigenvalue weighted by atomic mass is 9.85. The number of carbonyl (C=O) groups excluding carboxylic acids is 1. The summed E-state index contributed by atoms with van der Waals surface area (Å²) >= 11 is 0. The largest absolute Gasteiger partial charge is 0.356 e. The molecule has 1 heterocycles. The highest BCUT2D eigenvalue weighted by Crippen LogP contribution is 2.27. The van der Waals surface area contributed by atoms with E-state index in [1.807, 2.05) is 18.2 Å². The van der Waals surface area contributed by atoms with Crippen molar-refractivity contribution < 1.29 is 4.79 Å². The minimum absolute atomic E-state index is 0.155. The molecule has 1 amide bonds. The summed E-state index contributed by atoms with van der Waals surface area (Å²) in [6.45, 7) is 7.58. The summed E-state index contributed by atoms with van der Waals surface area (Å²) in [5.41, 5.74) is 2.00. The monoisotopic (exact) mass is 399 g/mol. The number of amides is 1. The van der Waals surface area contributed by atoms with Crippen LogP contribution in [0.25, 0.3) is 0 Å². The van der Waals surface area contributed by atoms with Crippen molar-refractivity contribution >= 4 is 17.6 Å². The van der Waals surface area contributed by atoms with Crippen molar-refractivity contribution in [2.24, 2.45) is 16.8 Å². The second-order valence-electron chi connectivity index (χ2n) is 8.55. The Bertz CT molecular complexity index is 678. The average Bonchev–Trinajstić information content (AvgIpc) is 2.67. The Kier molecular flexibility index (Phi) is 8.35. The lowest BCUT2D eigenvalue weighted by molar-refractivity contribution is -0.122. The minimum atomic E-state index is 0.155. The quantitative estimate of drug-likeness (QED) is 0.357. The Morgan fingerprint density at radius 3 is 2.66 bits per heavy atom. The first kappa shape index (κ1) is 21.6. The lowest BCUT2D eigenvalue weighted by Crippen LogP contribution is -2.39. The molecule has 0 unspecified atom stereocenters. The molecule has 0 radical (unpaired) electrons. The molecule has 1 saturated carbocycles. The smallest absolute Gasteiger partial charge is 0.227 e. The van der Waals surface area contributed by atoms with E-state index in [0.717, 1.165) is 55.5 Å². The molecule has 1 aliphatic heterocycles. The number of hydrogen-bond donors (Lipinski definition) is 3. The maximum atomic E-state index is 12.1. The predicted molar refractivity (Wildman–Crippen MR) is 120 cm³/mol. The van der Waals surface area contributed by atoms with Crippen molar-refractivity contribution in [3.8, 4) is 0 Å². The fraction of sp³-hybridized carbons (Fsp3) is 0.652. The number of rotatable bonds is 8. The molecular weight excluding hydrogens is 362 g/mol. The maximum absolute atomic E-state index is 12.1. The van der Waals surface area contributed by atoms with Crippen LogP contribution in [0, 0.1) is 11.8 Å². The number of guanidine groups is 1. The average molecular weight is 400 g/mol. The molecule has 2 fully saturated rings. The summed E-state index contributed by atoms with van der Waals surface area (Å²) in [6.07, 6.45) is 6.99. The van der Waals surface area contributed by atoms with Crippen molar-refractivity contribution in [3.05, 3.63) is 29.8 Å². The number of likely N-dealkylation sites (tertiary alicyclic amines) is 1. The van der Waals surface area contributed by atoms with Gasteiger partial charge in [-0.1, -0.05) is 25.5 Å². The maximum Gasteiger partial charge on any atom is 0.227 e. The molecule has 29 heavy (non-hydrogen) atoms. The van der Waals surface area contributed by atoms with Crippen molar-refractivity contribution in [2.75, 3.05) is 38.5 Å². The third kappa shape index (κ3) is 7.03. The Morgan fingerprint density at radius 1 is 1.17 bits per heavy atom. The van der Waals surface area contributed by atoms with Crippen molar-refractivity contribution in [1.29, 1.82) is 0 Å². The number of nitrogens with one attached hydrogen (secondary N) is 3. The Hall–Kier alpha value is -2.08. The highest BCUT2D eigenvalue weighted by atomic mass is 16.1. The third-order valence-electron chi connectivity index (χ3n) is 6.17. The van der Waals surface area contributed by atoms with Gasteiger partial charge in [-0.05, 0) is 75.4 Å². The molecule has 160 valence electrons. The van der Waals surface area contributed by atoms with Gasteiger partial charge in [0.15, 0.2) is 5.96 Å². The SMILES string of the molecule is CN=C(NCCCN1CCC(C)CC1)NCc1cccc(NC(=O)C2CCC2)c1. The second kappa shape index (κ2) is 11.2. The zero-order valence-corrected chi connectivity index (χ0v) is 18.0. The van der Waals surface area contributed by atoms with Crippen molar-refractivity contribution in [1.82, 2.24) is 15.5 Å². The lowest BCUT2D eigenvalue weighted by Gasteiger charge is -2.30. The molecule has 0 bridgehead atoms. The van der Waals surface area contributed by atoms with Crippen LogP contribution in [0.2, 0.25) is 0 Å². The number of hydrogen-bond acceptors (Lipinski definition) is 3. The van der Waals surface area contributed by atoms with Crippen LogP contribution < -0.4 is 16.0 Å². The van der Waals surface area contributed by atoms with Gasteiger partial charge in [-0.25, -0.2) is 0 Å². The van der Waals surface area contributed by atoms with Gasteiger partial charge in [0, 0.05) is 31.7 Å². The molecule has 1 aromatic carbocycles. The third-order valence-corrected chi connectivity index (χ3v) is 6.17. The molecule has 1 saturated heterocycles. The fourth-order valence-electron chi connectivity index (χ4n) is 3.88. The molecule has 6 heteroatoms. The zero-order chi connectivity index (χ0) is 20.5. The fourth-order valence-corrected chi connectivity index (χ4v) is 3.88. The van der Waals surface area contributed by atoms with Crippen molar-refractivity contribution in [2.45, 2.75) is 52.0 Å². The van der Waals surface area contributed by atoms with Crippen LogP contribution in [-0.4, -0.2) is 50.0 Å². The van der Waals surface area contributed by atoms with Gasteiger partial charge < -0.3 is 20.9 Å². The number of nitrogens with zero attached hydrogens (tertiary/aromatic N) is 2. The molecule has 3 N–H and O–H groups in total. The molecule has 1 aromatic rings.